The maximum atomic E-state index is 11.1. The molecule has 0 saturated carbocycles. The molecule has 7 heteroatoms. The van der Waals surface area contributed by atoms with Gasteiger partial charge in [-0.15, -0.1) is 0 Å². The van der Waals surface area contributed by atoms with Crippen LogP contribution < -0.4 is 5.32 Å². The van der Waals surface area contributed by atoms with Crippen LogP contribution in [0.4, 0.5) is 0 Å². The average Bonchev–Trinajstić information content (AvgIpc) is 2.45. The Hall–Kier alpha value is -0.400. The summed E-state index contributed by atoms with van der Waals surface area (Å²) < 4.78 is 44.3. The van der Waals surface area contributed by atoms with Gasteiger partial charge in [-0.25, -0.2) is 16.8 Å². The van der Waals surface area contributed by atoms with Crippen molar-refractivity contribution in [3.05, 3.63) is 11.5 Å². The Morgan fingerprint density at radius 2 is 2.13 bits per heavy atom. The third-order valence-corrected chi connectivity index (χ3v) is 5.29. The van der Waals surface area contributed by atoms with Gasteiger partial charge in [-0.1, -0.05) is 13.0 Å². The lowest BCUT2D eigenvalue weighted by atomic mass is 10.3. The first-order valence-electron chi connectivity index (χ1n) is 4.69. The Morgan fingerprint density at radius 3 is 2.60 bits per heavy atom. The lowest BCUT2D eigenvalue weighted by Gasteiger charge is -2.09. The van der Waals surface area contributed by atoms with Crippen molar-refractivity contribution in [1.82, 2.24) is 5.32 Å². The summed E-state index contributed by atoms with van der Waals surface area (Å²) >= 11 is 0. The zero-order valence-corrected chi connectivity index (χ0v) is 10.1. The van der Waals surface area contributed by atoms with Crippen LogP contribution in [0.3, 0.4) is 0 Å². The largest absolute Gasteiger partial charge is 0.309 e. The van der Waals surface area contributed by atoms with Gasteiger partial charge in [0.25, 0.3) is 0 Å². The Balaban J connectivity index is 2.33. The molecule has 1 unspecified atom stereocenters. The predicted molar refractivity (Wildman–Crippen MR) is 59.0 cm³/mol. The van der Waals surface area contributed by atoms with E-state index in [9.17, 15) is 16.8 Å². The van der Waals surface area contributed by atoms with Gasteiger partial charge in [0.05, 0.1) is 11.5 Å². The molecule has 1 heterocycles. The third-order valence-electron chi connectivity index (χ3n) is 2.19. The van der Waals surface area contributed by atoms with E-state index in [-0.39, 0.29) is 23.3 Å². The van der Waals surface area contributed by atoms with E-state index in [0.717, 1.165) is 0 Å². The first-order chi connectivity index (χ1) is 6.85. The van der Waals surface area contributed by atoms with Crippen molar-refractivity contribution in [2.45, 2.75) is 13.0 Å². The minimum absolute atomic E-state index is 0.0270. The van der Waals surface area contributed by atoms with Gasteiger partial charge in [-0.2, -0.15) is 0 Å². The topological polar surface area (TPSA) is 80.3 Å². The highest BCUT2D eigenvalue weighted by atomic mass is 32.2. The maximum absolute atomic E-state index is 11.1. The molecule has 0 amide bonds. The van der Waals surface area contributed by atoms with Crippen molar-refractivity contribution >= 4 is 19.7 Å². The van der Waals surface area contributed by atoms with Gasteiger partial charge in [0.2, 0.25) is 0 Å². The van der Waals surface area contributed by atoms with E-state index in [1.807, 2.05) is 0 Å². The van der Waals surface area contributed by atoms with Crippen molar-refractivity contribution in [2.75, 3.05) is 23.8 Å². The zero-order valence-electron chi connectivity index (χ0n) is 8.51. The second-order valence-corrected chi connectivity index (χ2v) is 7.86. The number of hydrogen-bond acceptors (Lipinski definition) is 5. The van der Waals surface area contributed by atoms with Crippen LogP contribution in [0.1, 0.15) is 6.92 Å². The highest BCUT2D eigenvalue weighted by Crippen LogP contribution is 2.07. The van der Waals surface area contributed by atoms with Gasteiger partial charge in [-0.05, 0) is 0 Å². The minimum atomic E-state index is -3.06. The Kier molecular flexibility index (Phi) is 3.91. The molecule has 0 aromatic heterocycles. The van der Waals surface area contributed by atoms with E-state index >= 15 is 0 Å². The summed E-state index contributed by atoms with van der Waals surface area (Å²) in [4.78, 5) is 0. The molecule has 0 aliphatic carbocycles. The van der Waals surface area contributed by atoms with Crippen LogP contribution >= 0.6 is 0 Å². The van der Waals surface area contributed by atoms with Crippen molar-refractivity contribution in [3.8, 4) is 0 Å². The molecular formula is C8H15NO4S2. The fraction of sp³-hybridized carbons (Fsp3) is 0.750. The van der Waals surface area contributed by atoms with Crippen molar-refractivity contribution in [3.63, 3.8) is 0 Å². The van der Waals surface area contributed by atoms with E-state index in [4.69, 9.17) is 0 Å². The van der Waals surface area contributed by atoms with Gasteiger partial charge < -0.3 is 5.32 Å². The monoisotopic (exact) mass is 253 g/mol. The summed E-state index contributed by atoms with van der Waals surface area (Å²) in [7, 11) is -6.04. The van der Waals surface area contributed by atoms with Gasteiger partial charge >= 0.3 is 0 Å². The normalized spacial score (nSPS) is 24.5. The quantitative estimate of drug-likeness (QED) is 0.702. The molecule has 15 heavy (non-hydrogen) atoms. The molecule has 1 aliphatic heterocycles. The van der Waals surface area contributed by atoms with Gasteiger partial charge in [0.15, 0.2) is 19.7 Å². The summed E-state index contributed by atoms with van der Waals surface area (Å²) in [6.07, 6.45) is 1.55. The van der Waals surface area contributed by atoms with E-state index in [0.29, 0.717) is 6.54 Å². The zero-order chi connectivity index (χ0) is 11.5. The molecule has 0 aromatic rings. The Labute approximate surface area is 90.4 Å². The summed E-state index contributed by atoms with van der Waals surface area (Å²) in [6.45, 7) is 1.88. The van der Waals surface area contributed by atoms with Gasteiger partial charge in [0.1, 0.15) is 0 Å². The number of hydrogen-bond donors (Lipinski definition) is 1. The summed E-state index contributed by atoms with van der Waals surface area (Å²) in [6, 6.07) is -0.248. The molecule has 0 radical (unpaired) electrons. The number of rotatable bonds is 5. The number of nitrogens with one attached hydrogen (secondary N) is 1. The SMILES string of the molecule is CCS(=O)(=O)CCNC1C=CS(=O)(=O)C1. The Morgan fingerprint density at radius 1 is 1.47 bits per heavy atom. The molecule has 0 bridgehead atoms. The minimum Gasteiger partial charge on any atom is -0.309 e. The van der Waals surface area contributed by atoms with Crippen LogP contribution in [-0.2, 0) is 19.7 Å². The molecule has 1 aliphatic rings. The first-order valence-corrected chi connectivity index (χ1v) is 8.23. The van der Waals surface area contributed by atoms with Crippen LogP contribution in [0, 0.1) is 0 Å². The average molecular weight is 253 g/mol. The van der Waals surface area contributed by atoms with E-state index < -0.39 is 19.7 Å². The second-order valence-electron chi connectivity index (χ2n) is 3.46. The summed E-state index contributed by atoms with van der Waals surface area (Å²) in [5.41, 5.74) is 0. The summed E-state index contributed by atoms with van der Waals surface area (Å²) in [5, 5.41) is 4.05. The lowest BCUT2D eigenvalue weighted by Crippen LogP contribution is -2.34. The Bertz CT molecular complexity index is 435. The van der Waals surface area contributed by atoms with Crippen LogP contribution in [0.25, 0.3) is 0 Å². The van der Waals surface area contributed by atoms with Crippen molar-refractivity contribution in [2.24, 2.45) is 0 Å². The fourth-order valence-corrected chi connectivity index (χ4v) is 3.23. The van der Waals surface area contributed by atoms with Crippen LogP contribution in [0.15, 0.2) is 11.5 Å². The molecule has 1 rings (SSSR count). The molecule has 0 saturated heterocycles. The molecular weight excluding hydrogens is 238 g/mol. The molecule has 5 nitrogen and oxygen atoms in total. The standard InChI is InChI=1S/C8H15NO4S2/c1-2-14(10,11)6-4-9-8-3-5-15(12,13)7-8/h3,5,8-9H,2,4,6-7H2,1H3. The molecule has 0 aromatic carbocycles. The number of sulfone groups is 2. The van der Waals surface area contributed by atoms with Gasteiger partial charge in [-0.3, -0.25) is 0 Å². The van der Waals surface area contributed by atoms with E-state index in [1.165, 1.54) is 5.41 Å². The summed E-state index contributed by atoms with van der Waals surface area (Å²) in [5.74, 6) is 0.195. The molecule has 0 fully saturated rings. The third kappa shape index (κ3) is 4.31. The van der Waals surface area contributed by atoms with Crippen molar-refractivity contribution in [1.29, 1.82) is 0 Å². The highest BCUT2D eigenvalue weighted by molar-refractivity contribution is 7.94. The molecule has 1 atom stereocenters. The van der Waals surface area contributed by atoms with Crippen LogP contribution in [0.5, 0.6) is 0 Å². The second kappa shape index (κ2) is 4.63. The highest BCUT2D eigenvalue weighted by Gasteiger charge is 2.21. The smallest absolute Gasteiger partial charge is 0.173 e. The molecule has 1 N–H and O–H groups in total. The van der Waals surface area contributed by atoms with E-state index in [2.05, 4.69) is 5.32 Å². The molecule has 88 valence electrons. The maximum Gasteiger partial charge on any atom is 0.173 e. The lowest BCUT2D eigenvalue weighted by molar-refractivity contribution is 0.584. The van der Waals surface area contributed by atoms with Crippen LogP contribution in [-0.4, -0.2) is 46.7 Å². The van der Waals surface area contributed by atoms with Gasteiger partial charge in [0, 0.05) is 23.7 Å². The van der Waals surface area contributed by atoms with Crippen molar-refractivity contribution < 1.29 is 16.8 Å². The van der Waals surface area contributed by atoms with Crippen LogP contribution in [0.2, 0.25) is 0 Å². The predicted octanol–water partition coefficient (Wildman–Crippen LogP) is -0.679. The van der Waals surface area contributed by atoms with E-state index in [1.54, 1.807) is 13.0 Å². The fourth-order valence-electron chi connectivity index (χ4n) is 1.25. The first kappa shape index (κ1) is 12.7. The molecule has 0 spiro atoms.